The number of aliphatic imine (C=N–C) groups is 1. The smallest absolute Gasteiger partial charge is 0.191 e. The lowest BCUT2D eigenvalue weighted by Gasteiger charge is -2.33. The number of hydrogen-bond acceptors (Lipinski definition) is 4. The molecule has 1 aliphatic heterocycles. The quantitative estimate of drug-likeness (QED) is 0.388. The minimum absolute atomic E-state index is 0. The number of benzene rings is 1. The highest BCUT2D eigenvalue weighted by atomic mass is 127. The van der Waals surface area contributed by atoms with E-state index in [0.717, 1.165) is 50.0 Å². The minimum Gasteiger partial charge on any atom is -0.354 e. The zero-order valence-electron chi connectivity index (χ0n) is 15.4. The van der Waals surface area contributed by atoms with E-state index in [1.54, 1.807) is 11.3 Å². The van der Waals surface area contributed by atoms with Crippen LogP contribution in [0.2, 0.25) is 0 Å². The molecule has 5 nitrogen and oxygen atoms in total. The largest absolute Gasteiger partial charge is 0.354 e. The first kappa shape index (κ1) is 21.1. The highest BCUT2D eigenvalue weighted by molar-refractivity contribution is 14.0. The summed E-state index contributed by atoms with van der Waals surface area (Å²) in [4.78, 5) is 12.5. The maximum atomic E-state index is 4.39. The molecule has 0 spiro atoms. The van der Waals surface area contributed by atoms with Crippen molar-refractivity contribution in [3.8, 4) is 0 Å². The number of aryl methyl sites for hydroxylation is 1. The lowest BCUT2D eigenvalue weighted by atomic mass is 10.0. The Hall–Kier alpha value is -1.19. The Bertz CT molecular complexity index is 680. The summed E-state index contributed by atoms with van der Waals surface area (Å²) < 4.78 is 0. The van der Waals surface area contributed by atoms with Crippen LogP contribution in [0.15, 0.2) is 41.5 Å². The maximum absolute atomic E-state index is 4.39. The van der Waals surface area contributed by atoms with Crippen molar-refractivity contribution >= 4 is 41.3 Å². The first-order valence-electron chi connectivity index (χ1n) is 8.87. The molecule has 7 heteroatoms. The van der Waals surface area contributed by atoms with E-state index in [1.807, 2.05) is 13.2 Å². The summed E-state index contributed by atoms with van der Waals surface area (Å²) in [6, 6.07) is 11.2. The van der Waals surface area contributed by atoms with Gasteiger partial charge in [-0.1, -0.05) is 30.3 Å². The zero-order valence-corrected chi connectivity index (χ0v) is 18.6. The van der Waals surface area contributed by atoms with E-state index in [2.05, 4.69) is 62.8 Å². The molecule has 0 saturated carbocycles. The van der Waals surface area contributed by atoms with E-state index in [9.17, 15) is 0 Å². The van der Waals surface area contributed by atoms with Crippen LogP contribution in [0.5, 0.6) is 0 Å². The van der Waals surface area contributed by atoms with Crippen molar-refractivity contribution in [3.05, 3.63) is 52.0 Å². The molecule has 1 aromatic heterocycles. The van der Waals surface area contributed by atoms with Crippen molar-refractivity contribution in [2.45, 2.75) is 38.9 Å². The molecule has 2 aromatic rings. The van der Waals surface area contributed by atoms with Crippen molar-refractivity contribution in [1.29, 1.82) is 0 Å². The topological polar surface area (TPSA) is 52.6 Å². The third-order valence-electron chi connectivity index (χ3n) is 4.48. The van der Waals surface area contributed by atoms with E-state index in [-0.39, 0.29) is 24.0 Å². The summed E-state index contributed by atoms with van der Waals surface area (Å²) in [5.74, 6) is 0.870. The molecular weight excluding hydrogens is 457 g/mol. The Morgan fingerprint density at radius 2 is 2.00 bits per heavy atom. The first-order valence-corrected chi connectivity index (χ1v) is 9.69. The molecule has 0 atom stereocenters. The van der Waals surface area contributed by atoms with Crippen molar-refractivity contribution in [3.63, 3.8) is 0 Å². The van der Waals surface area contributed by atoms with Crippen LogP contribution in [0, 0.1) is 6.92 Å². The SMILES string of the molecule is CN=C(NCc1ncc(C)s1)NC1CCN(Cc2ccccc2)CC1.I. The highest BCUT2D eigenvalue weighted by Gasteiger charge is 2.20. The van der Waals surface area contributed by atoms with Crippen LogP contribution in [-0.4, -0.2) is 42.0 Å². The number of halogens is 1. The fourth-order valence-electron chi connectivity index (χ4n) is 3.11. The second kappa shape index (κ2) is 10.8. The van der Waals surface area contributed by atoms with Gasteiger partial charge in [-0.2, -0.15) is 0 Å². The second-order valence-corrected chi connectivity index (χ2v) is 7.79. The molecular formula is C19H28IN5S. The molecule has 0 amide bonds. The van der Waals surface area contributed by atoms with Gasteiger partial charge in [0, 0.05) is 43.8 Å². The number of guanidine groups is 1. The van der Waals surface area contributed by atoms with Crippen LogP contribution in [0.25, 0.3) is 0 Å². The number of nitrogens with one attached hydrogen (secondary N) is 2. The lowest BCUT2D eigenvalue weighted by molar-refractivity contribution is 0.198. The molecule has 0 unspecified atom stereocenters. The summed E-state index contributed by atoms with van der Waals surface area (Å²) in [5, 5.41) is 8.02. The number of aromatic nitrogens is 1. The summed E-state index contributed by atoms with van der Waals surface area (Å²) in [6.07, 6.45) is 4.20. The van der Waals surface area contributed by atoms with Gasteiger partial charge in [0.25, 0.3) is 0 Å². The predicted molar refractivity (Wildman–Crippen MR) is 120 cm³/mol. The monoisotopic (exact) mass is 485 g/mol. The normalized spacial score (nSPS) is 16.2. The maximum Gasteiger partial charge on any atom is 0.191 e. The summed E-state index contributed by atoms with van der Waals surface area (Å²) in [7, 11) is 1.83. The molecule has 26 heavy (non-hydrogen) atoms. The molecule has 0 aliphatic carbocycles. The number of nitrogens with zero attached hydrogens (tertiary/aromatic N) is 3. The van der Waals surface area contributed by atoms with Crippen LogP contribution in [-0.2, 0) is 13.1 Å². The van der Waals surface area contributed by atoms with Crippen molar-refractivity contribution in [1.82, 2.24) is 20.5 Å². The Labute approximate surface area is 177 Å². The van der Waals surface area contributed by atoms with E-state index in [4.69, 9.17) is 0 Å². The molecule has 1 saturated heterocycles. The Morgan fingerprint density at radius 3 is 2.62 bits per heavy atom. The van der Waals surface area contributed by atoms with E-state index in [0.29, 0.717) is 6.04 Å². The number of thiazole rings is 1. The third kappa shape index (κ3) is 6.51. The molecule has 0 radical (unpaired) electrons. The number of piperidine rings is 1. The van der Waals surface area contributed by atoms with Crippen molar-refractivity contribution < 1.29 is 0 Å². The van der Waals surface area contributed by atoms with Gasteiger partial charge in [0.05, 0.1) is 6.54 Å². The molecule has 1 aromatic carbocycles. The van der Waals surface area contributed by atoms with Gasteiger partial charge < -0.3 is 10.6 Å². The Balaban J connectivity index is 0.00000243. The molecule has 1 fully saturated rings. The van der Waals surface area contributed by atoms with E-state index < -0.39 is 0 Å². The molecule has 2 N–H and O–H groups in total. The predicted octanol–water partition coefficient (Wildman–Crippen LogP) is 3.40. The lowest BCUT2D eigenvalue weighted by Crippen LogP contribution is -2.48. The van der Waals surface area contributed by atoms with Crippen LogP contribution < -0.4 is 10.6 Å². The van der Waals surface area contributed by atoms with Crippen LogP contribution in [0.3, 0.4) is 0 Å². The molecule has 2 heterocycles. The molecule has 0 bridgehead atoms. The van der Waals surface area contributed by atoms with Gasteiger partial charge in [-0.05, 0) is 25.3 Å². The van der Waals surface area contributed by atoms with Gasteiger partial charge in [-0.3, -0.25) is 9.89 Å². The summed E-state index contributed by atoms with van der Waals surface area (Å²) >= 11 is 1.72. The van der Waals surface area contributed by atoms with Gasteiger partial charge in [0.2, 0.25) is 0 Å². The summed E-state index contributed by atoms with van der Waals surface area (Å²) in [5.41, 5.74) is 1.39. The average Bonchev–Trinajstić information content (AvgIpc) is 3.06. The Kier molecular flexibility index (Phi) is 8.80. The van der Waals surface area contributed by atoms with Crippen LogP contribution >= 0.6 is 35.3 Å². The van der Waals surface area contributed by atoms with E-state index >= 15 is 0 Å². The van der Waals surface area contributed by atoms with Gasteiger partial charge in [0.15, 0.2) is 5.96 Å². The van der Waals surface area contributed by atoms with Gasteiger partial charge in [-0.25, -0.2) is 4.98 Å². The van der Waals surface area contributed by atoms with Crippen molar-refractivity contribution in [2.75, 3.05) is 20.1 Å². The number of likely N-dealkylation sites (tertiary alicyclic amines) is 1. The third-order valence-corrected chi connectivity index (χ3v) is 5.39. The minimum atomic E-state index is 0. The average molecular weight is 485 g/mol. The van der Waals surface area contributed by atoms with E-state index in [1.165, 1.54) is 10.4 Å². The molecule has 3 rings (SSSR count). The van der Waals surface area contributed by atoms with Gasteiger partial charge >= 0.3 is 0 Å². The highest BCUT2D eigenvalue weighted by Crippen LogP contribution is 2.14. The van der Waals surface area contributed by atoms with Gasteiger partial charge in [0.1, 0.15) is 5.01 Å². The molecule has 142 valence electrons. The van der Waals surface area contributed by atoms with Crippen LogP contribution in [0.4, 0.5) is 0 Å². The molecule has 1 aliphatic rings. The number of rotatable bonds is 5. The van der Waals surface area contributed by atoms with Crippen LogP contribution in [0.1, 0.15) is 28.3 Å². The fourth-order valence-corrected chi connectivity index (χ4v) is 3.83. The standard InChI is InChI=1S/C19H27N5S.HI/c1-15-12-21-18(25-15)13-22-19(20-2)23-17-8-10-24(11-9-17)14-16-6-4-3-5-7-16;/h3-7,12,17H,8-11,13-14H2,1-2H3,(H2,20,22,23);1H. The summed E-state index contributed by atoms with van der Waals surface area (Å²) in [6.45, 7) is 6.09. The Morgan fingerprint density at radius 1 is 1.27 bits per heavy atom. The second-order valence-electron chi connectivity index (χ2n) is 6.47. The zero-order chi connectivity index (χ0) is 17.5. The fraction of sp³-hybridized carbons (Fsp3) is 0.474. The van der Waals surface area contributed by atoms with Crippen molar-refractivity contribution in [2.24, 2.45) is 4.99 Å². The first-order chi connectivity index (χ1) is 12.2. The van der Waals surface area contributed by atoms with Gasteiger partial charge in [-0.15, -0.1) is 35.3 Å². The number of hydrogen-bond donors (Lipinski definition) is 2.